The molecule has 8 saturated carbocycles. The number of benzene rings is 4. The van der Waals surface area contributed by atoms with Crippen molar-refractivity contribution in [2.45, 2.75) is 147 Å². The van der Waals surface area contributed by atoms with E-state index in [1.807, 2.05) is 0 Å². The minimum absolute atomic E-state index is 0.0261. The van der Waals surface area contributed by atoms with Gasteiger partial charge in [-0.05, 0) is 0 Å². The molecule has 425 valence electrons. The van der Waals surface area contributed by atoms with Crippen molar-refractivity contribution in [3.05, 3.63) is 128 Å². The standard InChI is InChI=1S/2C28H25F6.C4H8F3Si.2ClH.Zr/c2*29-27(30,31)22-9-21(10-23(11-22)28(32,33)34)24-3-1-2-20-7-19(8-25(20)24)15-26-12-16-4-17(13-26)6-18(5-16)14-26;1-8-3-2-4(5,6)7;;;/h2*1-3,7-11,16-18H,4-6,12-15H2;8H,2-3H2,1H3;2*1H;/q;;;;;+2/p-2. The van der Waals surface area contributed by atoms with Gasteiger partial charge in [0.1, 0.15) is 0 Å². The molecular weight excluding hydrogens is 1200 g/mol. The van der Waals surface area contributed by atoms with Crippen LogP contribution in [0, 0.1) is 46.3 Å². The zero-order valence-corrected chi connectivity index (χ0v) is 48.1. The van der Waals surface area contributed by atoms with Crippen molar-refractivity contribution in [1.82, 2.24) is 0 Å². The van der Waals surface area contributed by atoms with Crippen LogP contribution in [-0.4, -0.2) is 12.1 Å². The van der Waals surface area contributed by atoms with E-state index in [0.717, 1.165) is 77.0 Å². The second-order valence-corrected chi connectivity index (χ2v) is 67.3. The van der Waals surface area contributed by atoms with Gasteiger partial charge in [-0.3, -0.25) is 0 Å². The summed E-state index contributed by atoms with van der Waals surface area (Å²) in [5, 5.41) is 0. The van der Waals surface area contributed by atoms with Crippen LogP contribution < -0.4 is 0 Å². The van der Waals surface area contributed by atoms with Crippen molar-refractivity contribution in [2.75, 3.05) is 0 Å². The summed E-state index contributed by atoms with van der Waals surface area (Å²) in [4.78, 5) is 0. The van der Waals surface area contributed by atoms with Crippen molar-refractivity contribution < 1.29 is 81.4 Å². The molecule has 79 heavy (non-hydrogen) atoms. The van der Waals surface area contributed by atoms with E-state index in [0.29, 0.717) is 94.9 Å². The Morgan fingerprint density at radius 1 is 0.468 bits per heavy atom. The Bertz CT molecular complexity index is 2850. The summed E-state index contributed by atoms with van der Waals surface area (Å²) in [6.45, 7) is 1.75. The van der Waals surface area contributed by atoms with Gasteiger partial charge in [0.05, 0.1) is 0 Å². The van der Waals surface area contributed by atoms with Crippen LogP contribution in [-0.2, 0) is 40.3 Å². The van der Waals surface area contributed by atoms with E-state index < -0.39 is 94.3 Å². The molecule has 10 aliphatic rings. The SMILES string of the molecule is C[SiH](CCC(F)(F)F)[Zr]([Cl])([Cl])([CH]1C(CC23CC4CC(CC(C4)C2)C3)=Cc2c(-c3cc(C(F)(F)F)cc(C(F)(F)F)c3)cccc21)[CH]1C(CC23CC4CC(CC(C4)C2)C3)=Cc2c(-c3cc(C(F)(F)F)cc(C(F)(F)F)c3)cccc21. The maximum absolute atomic E-state index is 14.9. The first-order valence-electron chi connectivity index (χ1n) is 27.6. The van der Waals surface area contributed by atoms with Crippen LogP contribution >= 0.6 is 17.0 Å². The molecule has 14 rings (SSSR count). The van der Waals surface area contributed by atoms with Crippen molar-refractivity contribution in [3.8, 4) is 22.3 Å². The number of halogens is 17. The Morgan fingerprint density at radius 3 is 1.05 bits per heavy atom. The van der Waals surface area contributed by atoms with Crippen LogP contribution in [0.1, 0.15) is 148 Å². The molecule has 8 fully saturated rings. The van der Waals surface area contributed by atoms with Crippen LogP contribution in [0.25, 0.3) is 34.4 Å². The molecule has 10 aliphatic carbocycles. The topological polar surface area (TPSA) is 0 Å². The first-order valence-corrected chi connectivity index (χ1v) is 43.5. The quantitative estimate of drug-likeness (QED) is 0.104. The molecule has 0 aliphatic heterocycles. The summed E-state index contributed by atoms with van der Waals surface area (Å²) in [7, 11) is 18.1. The fourth-order valence-corrected chi connectivity index (χ4v) is 58.5. The third-order valence-electron chi connectivity index (χ3n) is 20.5. The zero-order chi connectivity index (χ0) is 56.4. The first-order chi connectivity index (χ1) is 36.7. The predicted octanol–water partition coefficient (Wildman–Crippen LogP) is 21.2. The van der Waals surface area contributed by atoms with Gasteiger partial charge in [-0.15, -0.1) is 0 Å². The van der Waals surface area contributed by atoms with E-state index >= 15 is 0 Å². The van der Waals surface area contributed by atoms with Gasteiger partial charge in [0, 0.05) is 0 Å². The molecule has 3 atom stereocenters. The van der Waals surface area contributed by atoms with Gasteiger partial charge < -0.3 is 0 Å². The summed E-state index contributed by atoms with van der Waals surface area (Å²) in [5.74, 6) is -0.823. The Hall–Kier alpha value is -3.01. The fraction of sp³-hybridized carbons (Fsp3) is 0.533. The summed E-state index contributed by atoms with van der Waals surface area (Å²) < 4.78 is 218. The molecule has 8 bridgehead atoms. The van der Waals surface area contributed by atoms with Gasteiger partial charge in [0.15, 0.2) is 0 Å². The molecule has 0 aromatic heterocycles. The van der Waals surface area contributed by atoms with Crippen LogP contribution in [0.5, 0.6) is 0 Å². The van der Waals surface area contributed by atoms with Crippen LogP contribution in [0.15, 0.2) is 83.9 Å². The number of hydrogen-bond donors (Lipinski definition) is 0. The van der Waals surface area contributed by atoms with Gasteiger partial charge in [-0.2, -0.15) is 0 Å². The molecule has 0 amide bonds. The number of fused-ring (bicyclic) bond motifs is 2. The summed E-state index contributed by atoms with van der Waals surface area (Å²) in [5.41, 5.74) is -4.75. The fourth-order valence-electron chi connectivity index (χ4n) is 18.5. The van der Waals surface area contributed by atoms with Gasteiger partial charge in [0.25, 0.3) is 0 Å². The van der Waals surface area contributed by atoms with Crippen LogP contribution in [0.4, 0.5) is 65.9 Å². The summed E-state index contributed by atoms with van der Waals surface area (Å²) in [6, 6.07) is 11.6. The van der Waals surface area contributed by atoms with E-state index in [-0.39, 0.29) is 56.3 Å². The van der Waals surface area contributed by atoms with E-state index in [1.165, 1.54) is 24.3 Å². The first kappa shape index (κ1) is 56.5. The number of allylic oxidation sites excluding steroid dienone is 2. The molecule has 0 heterocycles. The Kier molecular flexibility index (Phi) is 13.4. The number of rotatable bonds is 11. The molecule has 4 aromatic carbocycles. The Balaban J connectivity index is 1.11. The molecule has 0 saturated heterocycles. The minimum atomic E-state index is -6.71. The van der Waals surface area contributed by atoms with Gasteiger partial charge in [0.2, 0.25) is 0 Å². The summed E-state index contributed by atoms with van der Waals surface area (Å²) >= 11 is -6.71. The normalized spacial score (nSPS) is 31.0. The molecule has 4 aromatic rings. The van der Waals surface area contributed by atoms with E-state index in [9.17, 15) is 65.9 Å². The average molecular weight is 1250 g/mol. The Morgan fingerprint density at radius 2 is 0.772 bits per heavy atom. The average Bonchev–Trinajstić information content (AvgIpc) is 3.15. The third-order valence-corrected chi connectivity index (χ3v) is 70.7. The molecule has 3 unspecified atom stereocenters. The second kappa shape index (κ2) is 18.7. The van der Waals surface area contributed by atoms with Crippen molar-refractivity contribution in [3.63, 3.8) is 0 Å². The van der Waals surface area contributed by atoms with Gasteiger partial charge >= 0.3 is 461 Å². The van der Waals surface area contributed by atoms with Crippen LogP contribution in [0.2, 0.25) is 12.6 Å². The van der Waals surface area contributed by atoms with E-state index in [4.69, 9.17) is 17.0 Å². The molecular formula is C60H58Cl2F15SiZr. The summed E-state index contributed by atoms with van der Waals surface area (Å²) in [6.07, 6.45) is -10.9. The van der Waals surface area contributed by atoms with Crippen molar-refractivity contribution >= 4 is 35.1 Å². The predicted molar refractivity (Wildman–Crippen MR) is 276 cm³/mol. The molecule has 0 spiro atoms. The van der Waals surface area contributed by atoms with E-state index in [1.54, 1.807) is 30.8 Å². The molecule has 0 nitrogen and oxygen atoms in total. The van der Waals surface area contributed by atoms with Crippen molar-refractivity contribution in [1.29, 1.82) is 0 Å². The monoisotopic (exact) mass is 1250 g/mol. The van der Waals surface area contributed by atoms with Gasteiger partial charge in [-0.1, -0.05) is 0 Å². The maximum atomic E-state index is 14.9. The molecule has 19 heteroatoms. The number of hydrogen-bond acceptors (Lipinski definition) is 0. The van der Waals surface area contributed by atoms with E-state index in [2.05, 4.69) is 0 Å². The Labute approximate surface area is 457 Å². The van der Waals surface area contributed by atoms with Crippen molar-refractivity contribution in [2.24, 2.45) is 46.3 Å². The number of alkyl halides is 15. The third kappa shape index (κ3) is 10.1. The molecule has 0 N–H and O–H groups in total. The second-order valence-electron chi connectivity index (χ2n) is 26.0. The molecule has 0 radical (unpaired) electrons. The van der Waals surface area contributed by atoms with Crippen LogP contribution in [0.3, 0.4) is 0 Å². The zero-order valence-electron chi connectivity index (χ0n) is 43.0. The van der Waals surface area contributed by atoms with Gasteiger partial charge in [-0.25, -0.2) is 0 Å².